The Kier molecular flexibility index (Phi) is 3.24. The predicted octanol–water partition coefficient (Wildman–Crippen LogP) is 1.41. The third kappa shape index (κ3) is 2.81. The number of hydrogen-bond donors (Lipinski definition) is 1. The van der Waals surface area contributed by atoms with E-state index in [1.165, 1.54) is 0 Å². The number of carbonyl (C=O) groups excluding carboxylic acids is 1. The van der Waals surface area contributed by atoms with Crippen LogP contribution >= 0.6 is 0 Å². The lowest BCUT2D eigenvalue weighted by molar-refractivity contribution is -0.138. The first-order chi connectivity index (χ1) is 6.78. The van der Waals surface area contributed by atoms with Crippen molar-refractivity contribution in [2.75, 3.05) is 19.6 Å². The van der Waals surface area contributed by atoms with Crippen LogP contribution in [0.1, 0.15) is 27.7 Å². The molecule has 0 atom stereocenters. The van der Waals surface area contributed by atoms with Crippen LogP contribution in [0.2, 0.25) is 0 Å². The first kappa shape index (κ1) is 12.2. The predicted molar refractivity (Wildman–Crippen MR) is 62.6 cm³/mol. The maximum atomic E-state index is 12.2. The van der Waals surface area contributed by atoms with Gasteiger partial charge in [0.2, 0.25) is 5.91 Å². The van der Waals surface area contributed by atoms with Crippen molar-refractivity contribution < 1.29 is 4.79 Å². The normalized spacial score (nSPS) is 24.8. The van der Waals surface area contributed by atoms with E-state index in [2.05, 4.69) is 25.7 Å². The van der Waals surface area contributed by atoms with Gasteiger partial charge in [-0.2, -0.15) is 0 Å². The second-order valence-electron chi connectivity index (χ2n) is 5.60. The molecule has 0 bridgehead atoms. The van der Waals surface area contributed by atoms with Crippen molar-refractivity contribution in [3.8, 4) is 0 Å². The number of carbonyl (C=O) groups is 1. The monoisotopic (exact) mass is 210 g/mol. The van der Waals surface area contributed by atoms with Gasteiger partial charge in [0.25, 0.3) is 0 Å². The SMILES string of the molecule is C=CCN1CC(C)(C)NCC(C)(C)C1=O. The molecule has 15 heavy (non-hydrogen) atoms. The zero-order chi connectivity index (χ0) is 11.7. The first-order valence-corrected chi connectivity index (χ1v) is 5.44. The lowest BCUT2D eigenvalue weighted by Gasteiger charge is -2.30. The summed E-state index contributed by atoms with van der Waals surface area (Å²) in [6, 6.07) is 0. The van der Waals surface area contributed by atoms with Gasteiger partial charge in [-0.1, -0.05) is 6.08 Å². The van der Waals surface area contributed by atoms with Gasteiger partial charge < -0.3 is 10.2 Å². The minimum atomic E-state index is -0.323. The lowest BCUT2D eigenvalue weighted by Crippen LogP contribution is -2.47. The molecule has 86 valence electrons. The minimum absolute atomic E-state index is 0.0214. The van der Waals surface area contributed by atoms with E-state index in [1.807, 2.05) is 18.7 Å². The molecular formula is C12H22N2O. The molecule has 0 aromatic rings. The zero-order valence-electron chi connectivity index (χ0n) is 10.3. The van der Waals surface area contributed by atoms with E-state index in [0.717, 1.165) is 13.1 Å². The highest BCUT2D eigenvalue weighted by molar-refractivity contribution is 5.82. The second kappa shape index (κ2) is 3.97. The molecule has 0 unspecified atom stereocenters. The summed E-state index contributed by atoms with van der Waals surface area (Å²) in [5.41, 5.74) is -0.344. The number of hydrogen-bond acceptors (Lipinski definition) is 2. The van der Waals surface area contributed by atoms with E-state index in [0.29, 0.717) is 6.54 Å². The van der Waals surface area contributed by atoms with Crippen LogP contribution in [-0.2, 0) is 4.79 Å². The Morgan fingerprint density at radius 2 is 2.07 bits per heavy atom. The van der Waals surface area contributed by atoms with Gasteiger partial charge in [0.1, 0.15) is 0 Å². The van der Waals surface area contributed by atoms with Gasteiger partial charge >= 0.3 is 0 Å². The van der Waals surface area contributed by atoms with E-state index in [4.69, 9.17) is 0 Å². The van der Waals surface area contributed by atoms with E-state index in [1.54, 1.807) is 6.08 Å². The average Bonchev–Trinajstić information content (AvgIpc) is 2.19. The smallest absolute Gasteiger partial charge is 0.229 e. The van der Waals surface area contributed by atoms with Gasteiger partial charge in [-0.25, -0.2) is 0 Å². The van der Waals surface area contributed by atoms with Gasteiger partial charge in [0.05, 0.1) is 5.41 Å². The molecule has 0 radical (unpaired) electrons. The van der Waals surface area contributed by atoms with E-state index in [9.17, 15) is 4.79 Å². The molecule has 1 saturated heterocycles. The third-order valence-corrected chi connectivity index (χ3v) is 2.81. The van der Waals surface area contributed by atoms with Gasteiger partial charge in [0, 0.05) is 25.2 Å². The Morgan fingerprint density at radius 1 is 1.47 bits per heavy atom. The molecule has 1 rings (SSSR count). The van der Waals surface area contributed by atoms with Crippen molar-refractivity contribution in [3.05, 3.63) is 12.7 Å². The Morgan fingerprint density at radius 3 is 2.60 bits per heavy atom. The molecule has 1 heterocycles. The van der Waals surface area contributed by atoms with Crippen molar-refractivity contribution in [1.29, 1.82) is 0 Å². The molecule has 1 aliphatic heterocycles. The molecule has 1 aliphatic rings. The van der Waals surface area contributed by atoms with E-state index >= 15 is 0 Å². The van der Waals surface area contributed by atoms with Gasteiger partial charge in [-0.05, 0) is 27.7 Å². The Labute approximate surface area is 92.5 Å². The molecular weight excluding hydrogens is 188 g/mol. The van der Waals surface area contributed by atoms with Crippen LogP contribution in [0.4, 0.5) is 0 Å². The number of nitrogens with one attached hydrogen (secondary N) is 1. The molecule has 0 aromatic heterocycles. The summed E-state index contributed by atoms with van der Waals surface area (Å²) in [6.07, 6.45) is 1.79. The molecule has 3 nitrogen and oxygen atoms in total. The quantitative estimate of drug-likeness (QED) is 0.699. The average molecular weight is 210 g/mol. The van der Waals surface area contributed by atoms with E-state index < -0.39 is 0 Å². The summed E-state index contributed by atoms with van der Waals surface area (Å²) in [5, 5.41) is 3.43. The van der Waals surface area contributed by atoms with Crippen LogP contribution in [0.5, 0.6) is 0 Å². The molecule has 0 aliphatic carbocycles. The maximum Gasteiger partial charge on any atom is 0.229 e. The number of amides is 1. The van der Waals surface area contributed by atoms with Crippen LogP contribution in [0.3, 0.4) is 0 Å². The van der Waals surface area contributed by atoms with E-state index in [-0.39, 0.29) is 16.9 Å². The highest BCUT2D eigenvalue weighted by atomic mass is 16.2. The van der Waals surface area contributed by atoms with Gasteiger partial charge in [-0.15, -0.1) is 6.58 Å². The van der Waals surface area contributed by atoms with Crippen molar-refractivity contribution in [1.82, 2.24) is 10.2 Å². The van der Waals surface area contributed by atoms with Gasteiger partial charge in [0.15, 0.2) is 0 Å². The molecule has 3 heteroatoms. The van der Waals surface area contributed by atoms with Crippen molar-refractivity contribution in [2.45, 2.75) is 33.2 Å². The summed E-state index contributed by atoms with van der Waals surface area (Å²) in [4.78, 5) is 14.1. The molecule has 1 fully saturated rings. The molecule has 0 aromatic carbocycles. The largest absolute Gasteiger partial charge is 0.337 e. The fraction of sp³-hybridized carbons (Fsp3) is 0.750. The zero-order valence-corrected chi connectivity index (χ0v) is 10.3. The topological polar surface area (TPSA) is 32.3 Å². The fourth-order valence-corrected chi connectivity index (χ4v) is 1.87. The summed E-state index contributed by atoms with van der Waals surface area (Å²) in [6.45, 7) is 14.0. The van der Waals surface area contributed by atoms with Crippen LogP contribution in [0.25, 0.3) is 0 Å². The van der Waals surface area contributed by atoms with Crippen LogP contribution in [0, 0.1) is 5.41 Å². The lowest BCUT2D eigenvalue weighted by atomic mass is 9.92. The molecule has 1 amide bonds. The highest BCUT2D eigenvalue weighted by Gasteiger charge is 2.38. The minimum Gasteiger partial charge on any atom is -0.337 e. The summed E-state index contributed by atoms with van der Waals surface area (Å²) in [5.74, 6) is 0.209. The number of rotatable bonds is 2. The molecule has 1 N–H and O–H groups in total. The Hall–Kier alpha value is -0.830. The highest BCUT2D eigenvalue weighted by Crippen LogP contribution is 2.24. The number of nitrogens with zero attached hydrogens (tertiary/aromatic N) is 1. The standard InChI is InChI=1S/C12H22N2O/c1-6-7-14-9-12(4,5)13-8-11(2,3)10(14)15/h6,13H,1,7-9H2,2-5H3. The summed E-state index contributed by atoms with van der Waals surface area (Å²) in [7, 11) is 0. The summed E-state index contributed by atoms with van der Waals surface area (Å²) < 4.78 is 0. The first-order valence-electron chi connectivity index (χ1n) is 5.44. The Balaban J connectivity index is 2.92. The summed E-state index contributed by atoms with van der Waals surface area (Å²) >= 11 is 0. The second-order valence-corrected chi connectivity index (χ2v) is 5.60. The maximum absolute atomic E-state index is 12.2. The third-order valence-electron chi connectivity index (χ3n) is 2.81. The molecule has 0 spiro atoms. The Bertz CT molecular complexity index is 269. The molecule has 0 saturated carbocycles. The van der Waals surface area contributed by atoms with Gasteiger partial charge in [-0.3, -0.25) is 4.79 Å². The van der Waals surface area contributed by atoms with Crippen molar-refractivity contribution >= 4 is 5.91 Å². The van der Waals surface area contributed by atoms with Crippen LogP contribution in [0.15, 0.2) is 12.7 Å². The van der Waals surface area contributed by atoms with Crippen LogP contribution in [-0.4, -0.2) is 36.0 Å². The van der Waals surface area contributed by atoms with Crippen molar-refractivity contribution in [2.24, 2.45) is 5.41 Å². The fourth-order valence-electron chi connectivity index (χ4n) is 1.87. The van der Waals surface area contributed by atoms with Crippen molar-refractivity contribution in [3.63, 3.8) is 0 Å². The van der Waals surface area contributed by atoms with Crippen LogP contribution < -0.4 is 5.32 Å².